The van der Waals surface area contributed by atoms with Crippen LogP contribution in [-0.4, -0.2) is 36.9 Å². The van der Waals surface area contributed by atoms with E-state index in [2.05, 4.69) is 10.3 Å². The Morgan fingerprint density at radius 3 is 2.48 bits per heavy atom. The van der Waals surface area contributed by atoms with Gasteiger partial charge in [-0.05, 0) is 50.9 Å². The topological polar surface area (TPSA) is 77.0 Å². The van der Waals surface area contributed by atoms with E-state index in [4.69, 9.17) is 9.31 Å². The zero-order valence-corrected chi connectivity index (χ0v) is 15.3. The van der Waals surface area contributed by atoms with Crippen LogP contribution in [0.15, 0.2) is 34.7 Å². The van der Waals surface area contributed by atoms with Crippen molar-refractivity contribution >= 4 is 30.9 Å². The van der Waals surface area contributed by atoms with Crippen LogP contribution in [-0.2, 0) is 18.9 Å². The van der Waals surface area contributed by atoms with Crippen molar-refractivity contribution in [1.82, 2.24) is 5.32 Å². The normalized spacial score (nSPS) is 18.6. The van der Waals surface area contributed by atoms with Gasteiger partial charge < -0.3 is 14.6 Å². The van der Waals surface area contributed by atoms with E-state index in [-0.39, 0.29) is 5.91 Å². The molecule has 0 spiro atoms. The number of carbonyl (C=O) groups excluding carboxylic acids is 2. The lowest BCUT2D eigenvalue weighted by Crippen LogP contribution is -2.41. The Morgan fingerprint density at radius 2 is 1.92 bits per heavy atom. The minimum absolute atomic E-state index is 0.137. The van der Waals surface area contributed by atoms with Crippen LogP contribution in [0.2, 0.25) is 0 Å². The van der Waals surface area contributed by atoms with Gasteiger partial charge in [-0.25, -0.2) is 4.79 Å². The summed E-state index contributed by atoms with van der Waals surface area (Å²) in [6, 6.07) is 7.14. The van der Waals surface area contributed by atoms with E-state index in [1.54, 1.807) is 18.2 Å². The van der Waals surface area contributed by atoms with Gasteiger partial charge in [0.15, 0.2) is 0 Å². The molecule has 1 heterocycles. The summed E-state index contributed by atoms with van der Waals surface area (Å²) in [7, 11) is -0.574. The summed E-state index contributed by atoms with van der Waals surface area (Å²) in [6.07, 6.45) is 3.41. The Morgan fingerprint density at radius 1 is 1.28 bits per heavy atom. The first-order valence-electron chi connectivity index (χ1n) is 8.13. The first kappa shape index (κ1) is 19.1. The molecule has 0 unspecified atom stereocenters. The molecule has 1 saturated heterocycles. The third-order valence-corrected chi connectivity index (χ3v) is 4.49. The van der Waals surface area contributed by atoms with E-state index in [0.29, 0.717) is 12.2 Å². The quantitative estimate of drug-likeness (QED) is 0.507. The van der Waals surface area contributed by atoms with Crippen LogP contribution >= 0.6 is 0 Å². The molecule has 0 saturated carbocycles. The molecule has 0 aromatic heterocycles. The lowest BCUT2D eigenvalue weighted by atomic mass is 9.77. The Hall–Kier alpha value is -2.21. The zero-order valence-electron chi connectivity index (χ0n) is 15.3. The number of isocyanates is 1. The van der Waals surface area contributed by atoms with Crippen molar-refractivity contribution in [3.8, 4) is 0 Å². The lowest BCUT2D eigenvalue weighted by molar-refractivity contribution is -0.118. The average molecular weight is 342 g/mol. The summed E-state index contributed by atoms with van der Waals surface area (Å²) >= 11 is 0. The van der Waals surface area contributed by atoms with Gasteiger partial charge in [-0.3, -0.25) is 4.79 Å². The SMILES string of the molecule is CC(=O)NCC(=Cc1cccc(N=C=O)c1)B1OC(C)(C)C(C)(C)O1. The number of hydrogen-bond donors (Lipinski definition) is 1. The molecule has 1 aromatic rings. The molecule has 1 amide bonds. The summed E-state index contributed by atoms with van der Waals surface area (Å²) in [5, 5.41) is 2.78. The van der Waals surface area contributed by atoms with Crippen LogP contribution in [0.25, 0.3) is 6.08 Å². The minimum Gasteiger partial charge on any atom is -0.400 e. The van der Waals surface area contributed by atoms with Crippen LogP contribution in [0, 0.1) is 0 Å². The van der Waals surface area contributed by atoms with E-state index < -0.39 is 18.3 Å². The first-order valence-corrected chi connectivity index (χ1v) is 8.13. The molecule has 0 bridgehead atoms. The van der Waals surface area contributed by atoms with Gasteiger partial charge in [0.25, 0.3) is 0 Å². The molecule has 0 aliphatic carbocycles. The van der Waals surface area contributed by atoms with Gasteiger partial charge in [0, 0.05) is 13.5 Å². The van der Waals surface area contributed by atoms with Crippen LogP contribution in [0.1, 0.15) is 40.2 Å². The third kappa shape index (κ3) is 4.66. The second-order valence-corrected chi connectivity index (χ2v) is 7.02. The predicted molar refractivity (Wildman–Crippen MR) is 97.0 cm³/mol. The highest BCUT2D eigenvalue weighted by molar-refractivity contribution is 6.56. The smallest absolute Gasteiger partial charge is 0.400 e. The summed E-state index contributed by atoms with van der Waals surface area (Å²) in [5.41, 5.74) is 1.16. The van der Waals surface area contributed by atoms with Gasteiger partial charge in [-0.2, -0.15) is 4.99 Å². The fraction of sp³-hybridized carbons (Fsp3) is 0.444. The molecular weight excluding hydrogens is 319 g/mol. The largest absolute Gasteiger partial charge is 0.492 e. The van der Waals surface area contributed by atoms with Crippen LogP contribution in [0.3, 0.4) is 0 Å². The second-order valence-electron chi connectivity index (χ2n) is 7.02. The number of nitrogens with one attached hydrogen (secondary N) is 1. The number of carbonyl (C=O) groups is 1. The maximum atomic E-state index is 11.3. The number of benzene rings is 1. The van der Waals surface area contributed by atoms with Gasteiger partial charge in [-0.15, -0.1) is 0 Å². The third-order valence-electron chi connectivity index (χ3n) is 4.49. The highest BCUT2D eigenvalue weighted by Gasteiger charge is 2.52. The van der Waals surface area contributed by atoms with Crippen molar-refractivity contribution in [2.75, 3.05) is 6.54 Å². The number of nitrogens with zero attached hydrogens (tertiary/aromatic N) is 1. The molecule has 7 heteroatoms. The van der Waals surface area contributed by atoms with Crippen LogP contribution < -0.4 is 5.32 Å². The van der Waals surface area contributed by atoms with Crippen molar-refractivity contribution in [2.24, 2.45) is 4.99 Å². The Labute approximate surface area is 148 Å². The van der Waals surface area contributed by atoms with Gasteiger partial charge in [0.05, 0.1) is 16.9 Å². The Bertz CT molecular complexity index is 720. The number of aliphatic imine (C=N–C) groups is 1. The van der Waals surface area contributed by atoms with Crippen molar-refractivity contribution < 1.29 is 18.9 Å². The predicted octanol–water partition coefficient (Wildman–Crippen LogP) is 2.80. The Kier molecular flexibility index (Phi) is 5.63. The van der Waals surface area contributed by atoms with Crippen LogP contribution in [0.4, 0.5) is 5.69 Å². The van der Waals surface area contributed by atoms with Crippen molar-refractivity contribution in [3.05, 3.63) is 35.3 Å². The number of amides is 1. The highest BCUT2D eigenvalue weighted by atomic mass is 16.7. The molecule has 1 aliphatic heterocycles. The van der Waals surface area contributed by atoms with Crippen molar-refractivity contribution in [1.29, 1.82) is 0 Å². The maximum absolute atomic E-state index is 11.3. The molecule has 1 fully saturated rings. The van der Waals surface area contributed by atoms with Gasteiger partial charge in [-0.1, -0.05) is 18.2 Å². The monoisotopic (exact) mass is 342 g/mol. The fourth-order valence-electron chi connectivity index (χ4n) is 2.37. The molecule has 1 aromatic carbocycles. The Balaban J connectivity index is 2.35. The number of rotatable bonds is 5. The van der Waals surface area contributed by atoms with E-state index >= 15 is 0 Å². The second kappa shape index (κ2) is 7.36. The summed E-state index contributed by atoms with van der Waals surface area (Å²) in [4.78, 5) is 25.4. The summed E-state index contributed by atoms with van der Waals surface area (Å²) in [5.74, 6) is -0.137. The maximum Gasteiger partial charge on any atom is 0.492 e. The van der Waals surface area contributed by atoms with Gasteiger partial charge in [0.2, 0.25) is 12.0 Å². The zero-order chi connectivity index (χ0) is 18.7. The molecule has 2 rings (SSSR count). The standard InChI is InChI=1S/C18H23BN2O4/c1-13(23)20-11-15(19-24-17(2,3)18(4,5)25-19)9-14-7-6-8-16(10-14)21-12-22/h6-10H,11H2,1-5H3,(H,20,23). The van der Waals surface area contributed by atoms with E-state index in [1.807, 2.05) is 39.8 Å². The average Bonchev–Trinajstić information content (AvgIpc) is 2.72. The van der Waals surface area contributed by atoms with E-state index in [1.165, 1.54) is 13.0 Å². The van der Waals surface area contributed by atoms with E-state index in [0.717, 1.165) is 11.0 Å². The molecule has 0 radical (unpaired) electrons. The fourth-order valence-corrected chi connectivity index (χ4v) is 2.37. The molecule has 6 nitrogen and oxygen atoms in total. The van der Waals surface area contributed by atoms with Gasteiger partial charge >= 0.3 is 7.12 Å². The molecule has 1 aliphatic rings. The molecule has 0 atom stereocenters. The minimum atomic E-state index is -0.574. The molecule has 25 heavy (non-hydrogen) atoms. The number of hydrogen-bond acceptors (Lipinski definition) is 5. The molecule has 132 valence electrons. The first-order chi connectivity index (χ1) is 11.6. The summed E-state index contributed by atoms with van der Waals surface area (Å²) in [6.45, 7) is 9.66. The molecular formula is C18H23BN2O4. The molecule has 1 N–H and O–H groups in total. The lowest BCUT2D eigenvalue weighted by Gasteiger charge is -2.32. The summed E-state index contributed by atoms with van der Waals surface area (Å²) < 4.78 is 12.2. The van der Waals surface area contributed by atoms with E-state index in [9.17, 15) is 9.59 Å². The van der Waals surface area contributed by atoms with Crippen molar-refractivity contribution in [2.45, 2.75) is 45.8 Å². The highest BCUT2D eigenvalue weighted by Crippen LogP contribution is 2.38. The van der Waals surface area contributed by atoms with Crippen LogP contribution in [0.5, 0.6) is 0 Å². The van der Waals surface area contributed by atoms with Gasteiger partial charge in [0.1, 0.15) is 0 Å². The van der Waals surface area contributed by atoms with Crippen molar-refractivity contribution in [3.63, 3.8) is 0 Å².